The molecular formula is C9H17O5PS. The maximum atomic E-state index is 10.9. The summed E-state index contributed by atoms with van der Waals surface area (Å²) in [5, 5.41) is 17.4. The van der Waals surface area contributed by atoms with E-state index in [2.05, 4.69) is 0 Å². The van der Waals surface area contributed by atoms with Crippen molar-refractivity contribution >= 4 is 30.0 Å². The van der Waals surface area contributed by atoms with Crippen LogP contribution in [0.5, 0.6) is 0 Å². The predicted octanol–water partition coefficient (Wildman–Crippen LogP) is 1.35. The van der Waals surface area contributed by atoms with Crippen LogP contribution in [0.15, 0.2) is 0 Å². The Kier molecular flexibility index (Phi) is 6.79. The van der Waals surface area contributed by atoms with E-state index in [1.165, 1.54) is 0 Å². The first kappa shape index (κ1) is 15.6. The number of carbonyl (C=O) groups is 2. The Bertz CT molecular complexity index is 304. The van der Waals surface area contributed by atoms with Crippen LogP contribution in [0.25, 0.3) is 0 Å². The second kappa shape index (κ2) is 6.99. The normalized spacial score (nSPS) is 16.4. The molecule has 0 spiro atoms. The van der Waals surface area contributed by atoms with E-state index in [0.717, 1.165) is 0 Å². The van der Waals surface area contributed by atoms with Crippen LogP contribution in [-0.4, -0.2) is 39.4 Å². The van der Waals surface area contributed by atoms with E-state index in [4.69, 9.17) is 22.0 Å². The molecule has 0 aromatic carbocycles. The minimum absolute atomic E-state index is 0.0212. The lowest BCUT2D eigenvalue weighted by Crippen LogP contribution is -2.20. The van der Waals surface area contributed by atoms with Gasteiger partial charge in [-0.05, 0) is 19.0 Å². The van der Waals surface area contributed by atoms with Gasteiger partial charge in [0.2, 0.25) is 0 Å². The minimum atomic E-state index is -2.60. The Morgan fingerprint density at radius 1 is 1.38 bits per heavy atom. The average molecular weight is 268 g/mol. The first-order chi connectivity index (χ1) is 7.28. The highest BCUT2D eigenvalue weighted by Gasteiger charge is 2.25. The lowest BCUT2D eigenvalue weighted by molar-refractivity contribution is -0.142. The number of aliphatic carboxylic acids is 2. The number of hydrogen-bond acceptors (Lipinski definition) is 3. The van der Waals surface area contributed by atoms with Gasteiger partial charge < -0.3 is 15.1 Å². The monoisotopic (exact) mass is 268 g/mol. The Hall–Kier alpha value is -0.450. The molecule has 0 fully saturated rings. The van der Waals surface area contributed by atoms with E-state index >= 15 is 0 Å². The molecule has 0 heterocycles. The van der Waals surface area contributed by atoms with Crippen LogP contribution in [0.1, 0.15) is 26.2 Å². The smallest absolute Gasteiger partial charge is 0.306 e. The zero-order chi connectivity index (χ0) is 12.8. The van der Waals surface area contributed by atoms with Crippen LogP contribution in [0, 0.1) is 5.92 Å². The second-order valence-corrected chi connectivity index (χ2v) is 8.26. The number of rotatable bonds is 8. The van der Waals surface area contributed by atoms with Crippen molar-refractivity contribution in [3.63, 3.8) is 0 Å². The summed E-state index contributed by atoms with van der Waals surface area (Å²) in [6, 6.07) is 0. The standard InChI is InChI=1S/C9H17O5PS/c1-2-5-15(14,16)6-7(9(12)13)3-4-8(10)11/h7H,2-6H2,1H3,(H,10,11)(H,12,13)(H,14,16). The van der Waals surface area contributed by atoms with Gasteiger partial charge in [0.15, 0.2) is 0 Å². The first-order valence-corrected chi connectivity index (χ1v) is 8.16. The molecule has 3 N–H and O–H groups in total. The van der Waals surface area contributed by atoms with E-state index in [0.29, 0.717) is 12.6 Å². The highest BCUT2D eigenvalue weighted by atomic mass is 32.4. The molecule has 0 saturated heterocycles. The molecule has 0 aliphatic carbocycles. The van der Waals surface area contributed by atoms with Crippen molar-refractivity contribution in [1.29, 1.82) is 0 Å². The third-order valence-corrected chi connectivity index (χ3v) is 5.29. The largest absolute Gasteiger partial charge is 0.481 e. The molecule has 0 aromatic heterocycles. The highest BCUT2D eigenvalue weighted by Crippen LogP contribution is 2.44. The predicted molar refractivity (Wildman–Crippen MR) is 64.5 cm³/mol. The van der Waals surface area contributed by atoms with E-state index < -0.39 is 24.1 Å². The van der Waals surface area contributed by atoms with Crippen molar-refractivity contribution in [2.24, 2.45) is 5.92 Å². The van der Waals surface area contributed by atoms with Crippen molar-refractivity contribution in [2.75, 3.05) is 12.3 Å². The van der Waals surface area contributed by atoms with Gasteiger partial charge in [0, 0.05) is 12.6 Å². The zero-order valence-electron chi connectivity index (χ0n) is 9.13. The Morgan fingerprint density at radius 2 is 1.94 bits per heavy atom. The number of carboxylic acids is 2. The SMILES string of the molecule is CCCP(O)(=S)CC(CCC(=O)O)C(=O)O. The fourth-order valence-corrected chi connectivity index (χ4v) is 4.37. The molecule has 94 valence electrons. The van der Waals surface area contributed by atoms with Crippen molar-refractivity contribution in [3.8, 4) is 0 Å². The minimum Gasteiger partial charge on any atom is -0.481 e. The molecule has 0 rings (SSSR count). The molecule has 2 atom stereocenters. The summed E-state index contributed by atoms with van der Waals surface area (Å²) in [5.41, 5.74) is 0. The van der Waals surface area contributed by atoms with Crippen LogP contribution >= 0.6 is 6.26 Å². The van der Waals surface area contributed by atoms with Crippen LogP contribution < -0.4 is 0 Å². The van der Waals surface area contributed by atoms with Crippen LogP contribution in [-0.2, 0) is 21.4 Å². The average Bonchev–Trinajstić information content (AvgIpc) is 2.11. The third kappa shape index (κ3) is 6.93. The second-order valence-electron chi connectivity index (χ2n) is 3.72. The van der Waals surface area contributed by atoms with E-state index in [1.54, 1.807) is 0 Å². The number of hydrogen-bond donors (Lipinski definition) is 3. The van der Waals surface area contributed by atoms with Crippen LogP contribution in [0.3, 0.4) is 0 Å². The quantitative estimate of drug-likeness (QED) is 0.575. The van der Waals surface area contributed by atoms with Gasteiger partial charge in [0.25, 0.3) is 0 Å². The van der Waals surface area contributed by atoms with Crippen molar-refractivity contribution in [1.82, 2.24) is 0 Å². The highest BCUT2D eigenvalue weighted by molar-refractivity contribution is 8.11. The van der Waals surface area contributed by atoms with Gasteiger partial charge in [-0.2, -0.15) is 0 Å². The zero-order valence-corrected chi connectivity index (χ0v) is 10.8. The summed E-state index contributed by atoms with van der Waals surface area (Å²) < 4.78 is 0. The topological polar surface area (TPSA) is 94.8 Å². The molecule has 0 saturated carbocycles. The molecule has 0 aliphatic heterocycles. The summed E-state index contributed by atoms with van der Waals surface area (Å²) in [5.74, 6) is -2.97. The fourth-order valence-electron chi connectivity index (χ4n) is 1.38. The fraction of sp³-hybridized carbons (Fsp3) is 0.778. The third-order valence-electron chi connectivity index (χ3n) is 2.13. The van der Waals surface area contributed by atoms with Crippen molar-refractivity contribution in [3.05, 3.63) is 0 Å². The summed E-state index contributed by atoms with van der Waals surface area (Å²) in [7, 11) is 0. The molecule has 0 amide bonds. The van der Waals surface area contributed by atoms with E-state index in [9.17, 15) is 14.5 Å². The van der Waals surface area contributed by atoms with Gasteiger partial charge in [-0.15, -0.1) is 0 Å². The lowest BCUT2D eigenvalue weighted by atomic mass is 10.1. The lowest BCUT2D eigenvalue weighted by Gasteiger charge is -2.19. The van der Waals surface area contributed by atoms with Crippen molar-refractivity contribution < 1.29 is 24.7 Å². The molecule has 0 radical (unpaired) electrons. The summed E-state index contributed by atoms with van der Waals surface area (Å²) in [6.45, 7) is 1.87. The Balaban J connectivity index is 4.39. The molecular weight excluding hydrogens is 251 g/mol. The van der Waals surface area contributed by atoms with Crippen LogP contribution in [0.4, 0.5) is 0 Å². The maximum Gasteiger partial charge on any atom is 0.306 e. The first-order valence-electron chi connectivity index (χ1n) is 5.04. The van der Waals surface area contributed by atoms with Gasteiger partial charge >= 0.3 is 11.9 Å². The van der Waals surface area contributed by atoms with E-state index in [1.807, 2.05) is 6.92 Å². The maximum absolute atomic E-state index is 10.9. The van der Waals surface area contributed by atoms with Gasteiger partial charge in [-0.25, -0.2) is 0 Å². The molecule has 16 heavy (non-hydrogen) atoms. The Labute approximate surface area is 99.6 Å². The molecule has 0 aliphatic rings. The Morgan fingerprint density at radius 3 is 2.31 bits per heavy atom. The number of carboxylic acid groups (broad SMARTS) is 2. The molecule has 7 heteroatoms. The van der Waals surface area contributed by atoms with E-state index in [-0.39, 0.29) is 19.0 Å². The summed E-state index contributed by atoms with van der Waals surface area (Å²) in [4.78, 5) is 31.0. The molecule has 0 aromatic rings. The van der Waals surface area contributed by atoms with Gasteiger partial charge in [0.05, 0.1) is 12.2 Å². The van der Waals surface area contributed by atoms with Gasteiger partial charge in [-0.3, -0.25) is 9.59 Å². The van der Waals surface area contributed by atoms with Crippen molar-refractivity contribution in [2.45, 2.75) is 26.2 Å². The van der Waals surface area contributed by atoms with Gasteiger partial charge in [-0.1, -0.05) is 18.7 Å². The molecule has 0 bridgehead atoms. The summed E-state index contributed by atoms with van der Waals surface area (Å²) >= 11 is 4.97. The van der Waals surface area contributed by atoms with Crippen LogP contribution in [0.2, 0.25) is 0 Å². The molecule has 2 unspecified atom stereocenters. The molecule has 5 nitrogen and oxygen atoms in total. The summed E-state index contributed by atoms with van der Waals surface area (Å²) in [6.07, 6.45) is -1.61. The van der Waals surface area contributed by atoms with Gasteiger partial charge in [0.1, 0.15) is 0 Å².